The van der Waals surface area contributed by atoms with Crippen molar-refractivity contribution >= 4 is 0 Å². The molecule has 0 spiro atoms. The molecule has 2 aliphatic heterocycles. The lowest BCUT2D eigenvalue weighted by atomic mass is 9.77. The number of hydrogen-bond donors (Lipinski definition) is 0. The lowest BCUT2D eigenvalue weighted by molar-refractivity contribution is -0.0367. The molecular formula is C29H38F2O4. The van der Waals surface area contributed by atoms with Crippen molar-refractivity contribution in [2.75, 3.05) is 39.6 Å². The van der Waals surface area contributed by atoms with Crippen LogP contribution in [-0.2, 0) is 14.9 Å². The van der Waals surface area contributed by atoms with Crippen LogP contribution in [0.5, 0.6) is 11.5 Å². The third-order valence-corrected chi connectivity index (χ3v) is 7.20. The molecular weight excluding hydrogens is 450 g/mol. The maximum absolute atomic E-state index is 14.9. The third kappa shape index (κ3) is 6.53. The normalized spacial score (nSPS) is 16.6. The first kappa shape index (κ1) is 25.9. The molecule has 35 heavy (non-hydrogen) atoms. The summed E-state index contributed by atoms with van der Waals surface area (Å²) in [7, 11) is 0. The zero-order valence-electron chi connectivity index (χ0n) is 21.0. The molecule has 6 heteroatoms. The van der Waals surface area contributed by atoms with E-state index >= 15 is 0 Å². The monoisotopic (exact) mass is 488 g/mol. The Morgan fingerprint density at radius 3 is 1.51 bits per heavy atom. The maximum Gasteiger partial charge on any atom is 0.165 e. The van der Waals surface area contributed by atoms with Gasteiger partial charge in [-0.15, -0.1) is 0 Å². The first-order valence-electron chi connectivity index (χ1n) is 13.0. The van der Waals surface area contributed by atoms with Crippen molar-refractivity contribution in [3.8, 4) is 11.5 Å². The number of halogens is 2. The van der Waals surface area contributed by atoms with E-state index in [4.69, 9.17) is 18.9 Å². The minimum atomic E-state index is -0.721. The van der Waals surface area contributed by atoms with Gasteiger partial charge in [-0.3, -0.25) is 0 Å². The Morgan fingerprint density at radius 1 is 0.714 bits per heavy atom. The average Bonchev–Trinajstić information content (AvgIpc) is 2.77. The summed E-state index contributed by atoms with van der Waals surface area (Å²) in [6, 6.07) is 9.91. The third-order valence-electron chi connectivity index (χ3n) is 7.20. The molecule has 4 nitrogen and oxygen atoms in total. The lowest BCUT2D eigenvalue weighted by Gasteiger charge is -2.30. The van der Waals surface area contributed by atoms with Gasteiger partial charge in [-0.25, -0.2) is 8.78 Å². The highest BCUT2D eigenvalue weighted by Crippen LogP contribution is 2.43. The Morgan fingerprint density at radius 2 is 1.14 bits per heavy atom. The Bertz CT molecular complexity index is 878. The molecule has 0 aliphatic carbocycles. The van der Waals surface area contributed by atoms with Crippen LogP contribution < -0.4 is 9.47 Å². The highest BCUT2D eigenvalue weighted by atomic mass is 19.1. The van der Waals surface area contributed by atoms with Crippen LogP contribution in [0.4, 0.5) is 8.78 Å². The topological polar surface area (TPSA) is 36.9 Å². The van der Waals surface area contributed by atoms with Gasteiger partial charge in [-0.05, 0) is 50.7 Å². The molecule has 0 bridgehead atoms. The van der Waals surface area contributed by atoms with Crippen LogP contribution in [0.3, 0.4) is 0 Å². The van der Waals surface area contributed by atoms with E-state index in [2.05, 4.69) is 0 Å². The molecule has 0 saturated carbocycles. The van der Waals surface area contributed by atoms with E-state index in [0.29, 0.717) is 36.2 Å². The number of ether oxygens (including phenoxy) is 4. The molecule has 4 rings (SSSR count). The lowest BCUT2D eigenvalue weighted by Crippen LogP contribution is -2.27. The van der Waals surface area contributed by atoms with Crippen molar-refractivity contribution in [2.24, 2.45) is 11.8 Å². The van der Waals surface area contributed by atoms with Crippen molar-refractivity contribution in [3.05, 3.63) is 59.2 Å². The summed E-state index contributed by atoms with van der Waals surface area (Å²) in [4.78, 5) is 0. The Kier molecular flexibility index (Phi) is 9.01. The highest BCUT2D eigenvalue weighted by molar-refractivity contribution is 5.51. The van der Waals surface area contributed by atoms with E-state index in [1.807, 2.05) is 26.0 Å². The zero-order valence-corrected chi connectivity index (χ0v) is 21.0. The fraction of sp³-hybridized carbons (Fsp3) is 0.586. The Balaban J connectivity index is 1.43. The van der Waals surface area contributed by atoms with Gasteiger partial charge >= 0.3 is 0 Å². The number of para-hydroxylation sites is 2. The minimum absolute atomic E-state index is 0.238. The van der Waals surface area contributed by atoms with E-state index in [0.717, 1.165) is 65.0 Å². The molecule has 2 fully saturated rings. The SMILES string of the molecule is CC(C)(c1cccc(F)c1OCCCCC1COC1)c1cccc(F)c1OCCCCC1COC1. The molecule has 192 valence electrons. The number of rotatable bonds is 14. The van der Waals surface area contributed by atoms with Crippen LogP contribution in [0.15, 0.2) is 36.4 Å². The van der Waals surface area contributed by atoms with Crippen molar-refractivity contribution in [1.82, 2.24) is 0 Å². The van der Waals surface area contributed by atoms with Gasteiger partial charge in [-0.2, -0.15) is 0 Å². The van der Waals surface area contributed by atoms with Gasteiger partial charge in [0.1, 0.15) is 0 Å². The van der Waals surface area contributed by atoms with Gasteiger partial charge in [0, 0.05) is 28.4 Å². The largest absolute Gasteiger partial charge is 0.490 e. The highest BCUT2D eigenvalue weighted by Gasteiger charge is 2.32. The summed E-state index contributed by atoms with van der Waals surface area (Å²) >= 11 is 0. The molecule has 2 aromatic rings. The fourth-order valence-corrected chi connectivity index (χ4v) is 4.76. The van der Waals surface area contributed by atoms with Crippen LogP contribution in [0, 0.1) is 23.5 Å². The Hall–Kier alpha value is -2.18. The second-order valence-electron chi connectivity index (χ2n) is 10.4. The summed E-state index contributed by atoms with van der Waals surface area (Å²) in [5.41, 5.74) is 0.650. The second-order valence-corrected chi connectivity index (χ2v) is 10.4. The van der Waals surface area contributed by atoms with Gasteiger partial charge in [0.15, 0.2) is 23.1 Å². The molecule has 0 aromatic heterocycles. The van der Waals surface area contributed by atoms with E-state index in [1.54, 1.807) is 12.1 Å². The molecule has 0 amide bonds. The number of hydrogen-bond acceptors (Lipinski definition) is 4. The van der Waals surface area contributed by atoms with E-state index in [-0.39, 0.29) is 11.5 Å². The van der Waals surface area contributed by atoms with E-state index in [9.17, 15) is 8.78 Å². The minimum Gasteiger partial charge on any atom is -0.490 e. The van der Waals surface area contributed by atoms with Crippen LogP contribution in [0.1, 0.15) is 63.5 Å². The molecule has 0 N–H and O–H groups in total. The van der Waals surface area contributed by atoms with Crippen molar-refractivity contribution < 1.29 is 27.7 Å². The quantitative estimate of drug-likeness (QED) is 0.278. The van der Waals surface area contributed by atoms with Gasteiger partial charge in [0.25, 0.3) is 0 Å². The van der Waals surface area contributed by atoms with Crippen LogP contribution >= 0.6 is 0 Å². The summed E-state index contributed by atoms with van der Waals surface area (Å²) in [6.07, 6.45) is 5.97. The number of unbranched alkanes of at least 4 members (excludes halogenated alkanes) is 2. The first-order chi connectivity index (χ1) is 17.0. The average molecular weight is 489 g/mol. The van der Waals surface area contributed by atoms with Crippen LogP contribution in [-0.4, -0.2) is 39.6 Å². The maximum atomic E-state index is 14.9. The number of benzene rings is 2. The molecule has 2 aromatic carbocycles. The summed E-state index contributed by atoms with van der Waals surface area (Å²) in [5.74, 6) is 0.974. The Labute approximate surface area is 207 Å². The summed E-state index contributed by atoms with van der Waals surface area (Å²) < 4.78 is 52.2. The summed E-state index contributed by atoms with van der Waals surface area (Å²) in [5, 5.41) is 0. The molecule has 0 unspecified atom stereocenters. The molecule has 2 saturated heterocycles. The molecule has 0 atom stereocenters. The van der Waals surface area contributed by atoms with Crippen molar-refractivity contribution in [1.29, 1.82) is 0 Å². The van der Waals surface area contributed by atoms with Crippen molar-refractivity contribution in [2.45, 2.75) is 57.8 Å². The molecule has 2 heterocycles. The van der Waals surface area contributed by atoms with Crippen LogP contribution in [0.2, 0.25) is 0 Å². The smallest absolute Gasteiger partial charge is 0.165 e. The standard InChI is InChI=1S/C29H38F2O4/c1-29(2,23-11-7-13-25(30)27(23)34-15-5-3-9-21-17-32-18-21)24-12-8-14-26(31)28(24)35-16-6-4-10-22-19-33-20-22/h7-8,11-14,21-22H,3-6,9-10,15-20H2,1-2H3. The fourth-order valence-electron chi connectivity index (χ4n) is 4.76. The van der Waals surface area contributed by atoms with Gasteiger partial charge in [0.2, 0.25) is 0 Å². The van der Waals surface area contributed by atoms with E-state index < -0.39 is 17.0 Å². The van der Waals surface area contributed by atoms with Crippen LogP contribution in [0.25, 0.3) is 0 Å². The predicted octanol–water partition coefficient (Wildman–Crippen LogP) is 6.68. The first-order valence-corrected chi connectivity index (χ1v) is 13.0. The van der Waals surface area contributed by atoms with Gasteiger partial charge in [-0.1, -0.05) is 38.1 Å². The predicted molar refractivity (Wildman–Crippen MR) is 132 cm³/mol. The van der Waals surface area contributed by atoms with E-state index in [1.165, 1.54) is 12.1 Å². The second kappa shape index (κ2) is 12.2. The zero-order chi connectivity index (χ0) is 24.7. The van der Waals surface area contributed by atoms with Gasteiger partial charge in [0.05, 0.1) is 39.6 Å². The summed E-state index contributed by atoms with van der Waals surface area (Å²) in [6.45, 7) is 8.19. The molecule has 2 aliphatic rings. The molecule has 0 radical (unpaired) electrons. The van der Waals surface area contributed by atoms with Gasteiger partial charge < -0.3 is 18.9 Å². The van der Waals surface area contributed by atoms with Crippen molar-refractivity contribution in [3.63, 3.8) is 0 Å².